The third kappa shape index (κ3) is 7.92. The summed E-state index contributed by atoms with van der Waals surface area (Å²) in [6, 6.07) is 12.6. The lowest BCUT2D eigenvalue weighted by molar-refractivity contribution is 0.0185. The summed E-state index contributed by atoms with van der Waals surface area (Å²) in [6.45, 7) is 7.60. The van der Waals surface area contributed by atoms with Crippen LogP contribution in [0.5, 0.6) is 5.75 Å². The molecule has 0 radical (unpaired) electrons. The zero-order valence-electron chi connectivity index (χ0n) is 27.9. The number of ether oxygens (including phenoxy) is 2. The van der Waals surface area contributed by atoms with E-state index in [2.05, 4.69) is 15.0 Å². The molecule has 1 amide bonds. The molecule has 0 unspecified atom stereocenters. The second-order valence-corrected chi connectivity index (χ2v) is 15.0. The molecule has 10 nitrogen and oxygen atoms in total. The Hall–Kier alpha value is -4.16. The maximum Gasteiger partial charge on any atom is 0.410 e. The van der Waals surface area contributed by atoms with E-state index in [0.717, 1.165) is 42.1 Å². The molecule has 1 fully saturated rings. The smallest absolute Gasteiger partial charge is 0.410 e. The second kappa shape index (κ2) is 14.1. The van der Waals surface area contributed by atoms with Crippen LogP contribution in [0.4, 0.5) is 20.8 Å². The van der Waals surface area contributed by atoms with E-state index in [-0.39, 0.29) is 39.5 Å². The zero-order chi connectivity index (χ0) is 34.8. The van der Waals surface area contributed by atoms with Gasteiger partial charge in [0.2, 0.25) is 5.95 Å². The van der Waals surface area contributed by atoms with E-state index < -0.39 is 21.4 Å². The molecule has 1 heterocycles. The van der Waals surface area contributed by atoms with Crippen LogP contribution in [0.2, 0.25) is 5.02 Å². The van der Waals surface area contributed by atoms with Gasteiger partial charge in [-0.1, -0.05) is 30.7 Å². The number of nitrogens with one attached hydrogen (secondary N) is 2. The Bertz CT molecular complexity index is 1930. The molecule has 1 aromatic heterocycles. The summed E-state index contributed by atoms with van der Waals surface area (Å²) in [5.74, 6) is 0.0249. The minimum Gasteiger partial charge on any atom is -0.496 e. The minimum absolute atomic E-state index is 0.0216. The van der Waals surface area contributed by atoms with Gasteiger partial charge in [0.15, 0.2) is 0 Å². The van der Waals surface area contributed by atoms with Crippen LogP contribution in [0.1, 0.15) is 58.9 Å². The average Bonchev–Trinajstić information content (AvgIpc) is 3.04. The van der Waals surface area contributed by atoms with Crippen LogP contribution in [0.15, 0.2) is 59.6 Å². The second-order valence-electron chi connectivity index (χ2n) is 12.9. The van der Waals surface area contributed by atoms with E-state index in [1.165, 1.54) is 37.4 Å². The first kappa shape index (κ1) is 35.2. The van der Waals surface area contributed by atoms with Gasteiger partial charge in [0, 0.05) is 42.3 Å². The minimum atomic E-state index is -4.16. The number of aryl methyl sites for hydroxylation is 1. The number of carbonyl (C=O) groups is 1. The molecule has 1 aliphatic carbocycles. The van der Waals surface area contributed by atoms with E-state index in [1.807, 2.05) is 39.8 Å². The van der Waals surface area contributed by atoms with Gasteiger partial charge in [-0.15, -0.1) is 0 Å². The number of halogens is 2. The molecule has 1 aliphatic rings. The molecule has 48 heavy (non-hydrogen) atoms. The molecule has 0 bridgehead atoms. The number of benzene rings is 3. The van der Waals surface area contributed by atoms with Crippen molar-refractivity contribution in [1.29, 1.82) is 0 Å². The number of nitrogens with zero attached hydrogens (tertiary/aromatic N) is 3. The molecule has 0 spiro atoms. The number of hydrogen-bond acceptors (Lipinski definition) is 8. The highest BCUT2D eigenvalue weighted by molar-refractivity contribution is 7.92. The molecular formula is C35H41ClFN5O5S. The van der Waals surface area contributed by atoms with Gasteiger partial charge in [0.25, 0.3) is 10.0 Å². The fourth-order valence-electron chi connectivity index (χ4n) is 5.88. The molecule has 5 rings (SSSR count). The van der Waals surface area contributed by atoms with Crippen molar-refractivity contribution in [1.82, 2.24) is 14.9 Å². The number of fused-ring (bicyclic) bond motifs is 1. The van der Waals surface area contributed by atoms with E-state index >= 15 is 4.39 Å². The highest BCUT2D eigenvalue weighted by Crippen LogP contribution is 2.38. The van der Waals surface area contributed by atoms with Gasteiger partial charge in [-0.2, -0.15) is 0 Å². The molecule has 13 heteroatoms. The Morgan fingerprint density at radius 1 is 1.10 bits per heavy atom. The lowest BCUT2D eigenvalue weighted by Crippen LogP contribution is -2.43. The van der Waals surface area contributed by atoms with E-state index in [1.54, 1.807) is 24.2 Å². The average molecular weight is 698 g/mol. The number of amides is 1. The fraction of sp³-hybridized carbons (Fsp3) is 0.400. The van der Waals surface area contributed by atoms with Gasteiger partial charge < -0.3 is 19.7 Å². The first-order valence-electron chi connectivity index (χ1n) is 15.9. The Morgan fingerprint density at radius 3 is 2.46 bits per heavy atom. The maximum absolute atomic E-state index is 15.5. The molecular weight excluding hydrogens is 657 g/mol. The van der Waals surface area contributed by atoms with Gasteiger partial charge in [-0.25, -0.2) is 27.6 Å². The number of hydrogen-bond donors (Lipinski definition) is 2. The molecule has 2 N–H and O–H groups in total. The predicted octanol–water partition coefficient (Wildman–Crippen LogP) is 8.05. The summed E-state index contributed by atoms with van der Waals surface area (Å²) in [4.78, 5) is 23.5. The van der Waals surface area contributed by atoms with Crippen molar-refractivity contribution in [2.45, 2.75) is 82.4 Å². The van der Waals surface area contributed by atoms with Crippen LogP contribution in [0.25, 0.3) is 22.0 Å². The summed E-state index contributed by atoms with van der Waals surface area (Å²) in [6.07, 6.45) is 5.47. The number of carbonyl (C=O) groups excluding carboxylic acids is 1. The molecule has 0 atom stereocenters. The van der Waals surface area contributed by atoms with E-state index in [9.17, 15) is 13.2 Å². The lowest BCUT2D eigenvalue weighted by Gasteiger charge is -2.35. The third-order valence-corrected chi connectivity index (χ3v) is 10.2. The van der Waals surface area contributed by atoms with Gasteiger partial charge in [-0.3, -0.25) is 4.72 Å². The highest BCUT2D eigenvalue weighted by Gasteiger charge is 2.30. The lowest BCUT2D eigenvalue weighted by atomic mass is 9.90. The predicted molar refractivity (Wildman–Crippen MR) is 187 cm³/mol. The summed E-state index contributed by atoms with van der Waals surface area (Å²) >= 11 is 6.09. The van der Waals surface area contributed by atoms with Crippen molar-refractivity contribution >= 4 is 50.3 Å². The molecule has 3 aromatic carbocycles. The largest absolute Gasteiger partial charge is 0.496 e. The Balaban J connectivity index is 1.34. The summed E-state index contributed by atoms with van der Waals surface area (Å²) in [7, 11) is -0.928. The molecule has 0 aliphatic heterocycles. The van der Waals surface area contributed by atoms with Crippen molar-refractivity contribution in [2.24, 2.45) is 0 Å². The number of anilines is 2. The number of aromatic nitrogens is 2. The zero-order valence-corrected chi connectivity index (χ0v) is 29.5. The molecule has 1 saturated carbocycles. The van der Waals surface area contributed by atoms with Crippen LogP contribution in [-0.2, 0) is 21.2 Å². The Morgan fingerprint density at radius 2 is 1.81 bits per heavy atom. The van der Waals surface area contributed by atoms with Gasteiger partial charge >= 0.3 is 6.09 Å². The van der Waals surface area contributed by atoms with Crippen LogP contribution in [0, 0.1) is 5.82 Å². The summed E-state index contributed by atoms with van der Waals surface area (Å²) in [5.41, 5.74) is 2.03. The Labute approximate surface area is 286 Å². The fourth-order valence-corrected chi connectivity index (χ4v) is 7.45. The van der Waals surface area contributed by atoms with Crippen molar-refractivity contribution in [3.8, 4) is 16.9 Å². The molecule has 0 saturated heterocycles. The molecule has 4 aromatic rings. The topological polar surface area (TPSA) is 123 Å². The van der Waals surface area contributed by atoms with Gasteiger partial charge in [-0.05, 0) is 94.3 Å². The standard InChI is InChI=1S/C35H41ClFN5O5S/c1-7-21-16-22(26-18-28(37)29(19-30(26)46-6)41-48(44,45)31-11-9-8-10-27(31)36)17-23-20-38-33(40-32(21)23)39-24-12-14-25(15-13-24)42(5)34(43)47-35(2,3)4/h8-11,16-20,24-25,41H,7,12-15H2,1-6H3,(H,38,39,40)/t24-,25-. The van der Waals surface area contributed by atoms with Gasteiger partial charge in [0.05, 0.1) is 23.3 Å². The van der Waals surface area contributed by atoms with Crippen molar-refractivity contribution in [3.63, 3.8) is 0 Å². The summed E-state index contributed by atoms with van der Waals surface area (Å²) in [5, 5.41) is 4.26. The van der Waals surface area contributed by atoms with Crippen molar-refractivity contribution in [3.05, 3.63) is 71.1 Å². The SMILES string of the molecule is CCc1cc(-c2cc(F)c(NS(=O)(=O)c3ccccc3Cl)cc2OC)cc2cnc(N[C@H]3CC[C@H](N(C)C(=O)OC(C)(C)C)CC3)nc12. The quantitative estimate of drug-likeness (QED) is 0.180. The maximum atomic E-state index is 15.5. The third-order valence-electron chi connectivity index (χ3n) is 8.37. The van der Waals surface area contributed by atoms with Crippen LogP contribution >= 0.6 is 11.6 Å². The number of rotatable bonds is 9. The first-order chi connectivity index (χ1) is 22.7. The Kier molecular flexibility index (Phi) is 10.4. The van der Waals surface area contributed by atoms with Crippen LogP contribution in [-0.4, -0.2) is 61.2 Å². The van der Waals surface area contributed by atoms with Crippen molar-refractivity contribution in [2.75, 3.05) is 24.2 Å². The van der Waals surface area contributed by atoms with E-state index in [0.29, 0.717) is 23.5 Å². The monoisotopic (exact) mass is 697 g/mol. The highest BCUT2D eigenvalue weighted by atomic mass is 35.5. The normalized spacial score (nSPS) is 16.8. The van der Waals surface area contributed by atoms with Crippen LogP contribution < -0.4 is 14.8 Å². The van der Waals surface area contributed by atoms with E-state index in [4.69, 9.17) is 26.1 Å². The summed E-state index contributed by atoms with van der Waals surface area (Å²) < 4.78 is 54.8. The molecule has 256 valence electrons. The number of sulfonamides is 1. The first-order valence-corrected chi connectivity index (χ1v) is 17.7. The van der Waals surface area contributed by atoms with Crippen LogP contribution in [0.3, 0.4) is 0 Å². The van der Waals surface area contributed by atoms with Crippen molar-refractivity contribution < 1.29 is 27.1 Å². The number of methoxy groups -OCH3 is 1. The van der Waals surface area contributed by atoms with Gasteiger partial charge in [0.1, 0.15) is 22.1 Å².